The van der Waals surface area contributed by atoms with Gasteiger partial charge in [-0.2, -0.15) is 0 Å². The number of para-hydroxylation sites is 1. The van der Waals surface area contributed by atoms with E-state index in [4.69, 9.17) is 10.5 Å². The highest BCUT2D eigenvalue weighted by atomic mass is 16.5. The van der Waals surface area contributed by atoms with Crippen LogP contribution in [0, 0.1) is 0 Å². The molecule has 0 aliphatic rings. The maximum atomic E-state index is 11.0. The van der Waals surface area contributed by atoms with Gasteiger partial charge in [0, 0.05) is 24.0 Å². The Morgan fingerprint density at radius 2 is 2.16 bits per heavy atom. The van der Waals surface area contributed by atoms with E-state index in [0.29, 0.717) is 6.54 Å². The first kappa shape index (κ1) is 12.9. The lowest BCUT2D eigenvalue weighted by molar-refractivity contribution is 0.0995. The van der Waals surface area contributed by atoms with Gasteiger partial charge >= 0.3 is 0 Å². The number of primary amides is 1. The summed E-state index contributed by atoms with van der Waals surface area (Å²) in [5.41, 5.74) is 7.24. The zero-order chi connectivity index (χ0) is 13.7. The van der Waals surface area contributed by atoms with Crippen molar-refractivity contribution in [2.24, 2.45) is 5.73 Å². The molecule has 2 rings (SSSR count). The number of nitrogens with zero attached hydrogens (tertiary/aromatic N) is 1. The molecular formula is C14H15N3O2. The van der Waals surface area contributed by atoms with Crippen molar-refractivity contribution in [1.82, 2.24) is 4.98 Å². The third kappa shape index (κ3) is 3.22. The van der Waals surface area contributed by atoms with Crippen molar-refractivity contribution in [3.63, 3.8) is 0 Å². The minimum absolute atomic E-state index is 0.241. The van der Waals surface area contributed by atoms with Gasteiger partial charge in [0.05, 0.1) is 7.11 Å². The maximum Gasteiger partial charge on any atom is 0.267 e. The number of benzene rings is 1. The van der Waals surface area contributed by atoms with Crippen molar-refractivity contribution in [2.45, 2.75) is 6.54 Å². The van der Waals surface area contributed by atoms with Gasteiger partial charge in [-0.25, -0.2) is 0 Å². The number of rotatable bonds is 5. The minimum atomic E-state index is -0.541. The molecule has 0 saturated carbocycles. The molecule has 1 heterocycles. The number of aromatic nitrogens is 1. The minimum Gasteiger partial charge on any atom is -0.496 e. The van der Waals surface area contributed by atoms with Gasteiger partial charge in [-0.15, -0.1) is 0 Å². The van der Waals surface area contributed by atoms with Gasteiger partial charge in [-0.3, -0.25) is 9.78 Å². The summed E-state index contributed by atoms with van der Waals surface area (Å²) < 4.78 is 5.27. The van der Waals surface area contributed by atoms with Crippen LogP contribution in [0.2, 0.25) is 0 Å². The molecular weight excluding hydrogens is 242 g/mol. The van der Waals surface area contributed by atoms with Gasteiger partial charge in [0.15, 0.2) is 0 Å². The summed E-state index contributed by atoms with van der Waals surface area (Å²) in [5.74, 6) is 0.278. The number of hydrogen-bond acceptors (Lipinski definition) is 4. The zero-order valence-corrected chi connectivity index (χ0v) is 10.6. The Labute approximate surface area is 111 Å². The number of nitrogens with two attached hydrogens (primary N) is 1. The number of pyridine rings is 1. The summed E-state index contributed by atoms with van der Waals surface area (Å²) in [6.45, 7) is 0.590. The van der Waals surface area contributed by atoms with Crippen LogP contribution < -0.4 is 15.8 Å². The Balaban J connectivity index is 2.10. The van der Waals surface area contributed by atoms with Crippen LogP contribution in [0.4, 0.5) is 5.69 Å². The lowest BCUT2D eigenvalue weighted by atomic mass is 10.2. The smallest absolute Gasteiger partial charge is 0.267 e. The monoisotopic (exact) mass is 257 g/mol. The topological polar surface area (TPSA) is 77.2 Å². The number of nitrogens with one attached hydrogen (secondary N) is 1. The molecule has 1 aromatic carbocycles. The van der Waals surface area contributed by atoms with Crippen molar-refractivity contribution in [2.75, 3.05) is 12.4 Å². The highest BCUT2D eigenvalue weighted by Crippen LogP contribution is 2.19. The van der Waals surface area contributed by atoms with E-state index in [1.165, 1.54) is 0 Å². The maximum absolute atomic E-state index is 11.0. The van der Waals surface area contributed by atoms with E-state index in [2.05, 4.69) is 10.3 Å². The summed E-state index contributed by atoms with van der Waals surface area (Å²) in [6, 6.07) is 11.1. The number of carbonyl (C=O) groups is 1. The Kier molecular flexibility index (Phi) is 3.97. The number of amides is 1. The van der Waals surface area contributed by atoms with Gasteiger partial charge < -0.3 is 15.8 Å². The van der Waals surface area contributed by atoms with Crippen LogP contribution in [0.3, 0.4) is 0 Å². The van der Waals surface area contributed by atoms with E-state index in [1.807, 2.05) is 24.3 Å². The van der Waals surface area contributed by atoms with E-state index in [-0.39, 0.29) is 5.69 Å². The molecule has 0 atom stereocenters. The second-order valence-corrected chi connectivity index (χ2v) is 3.96. The van der Waals surface area contributed by atoms with Gasteiger partial charge in [-0.1, -0.05) is 18.2 Å². The molecule has 0 radical (unpaired) electrons. The number of carbonyl (C=O) groups excluding carboxylic acids is 1. The van der Waals surface area contributed by atoms with E-state index in [9.17, 15) is 4.79 Å². The molecule has 0 fully saturated rings. The van der Waals surface area contributed by atoms with Crippen LogP contribution in [0.15, 0.2) is 42.6 Å². The average Bonchev–Trinajstić information content (AvgIpc) is 2.45. The molecule has 1 amide bonds. The highest BCUT2D eigenvalue weighted by molar-refractivity contribution is 5.91. The summed E-state index contributed by atoms with van der Waals surface area (Å²) >= 11 is 0. The van der Waals surface area contributed by atoms with Crippen LogP contribution >= 0.6 is 0 Å². The highest BCUT2D eigenvalue weighted by Gasteiger charge is 2.04. The van der Waals surface area contributed by atoms with Crippen LogP contribution in [0.5, 0.6) is 5.75 Å². The fourth-order valence-electron chi connectivity index (χ4n) is 1.72. The van der Waals surface area contributed by atoms with Gasteiger partial charge in [0.25, 0.3) is 5.91 Å². The average molecular weight is 257 g/mol. The Morgan fingerprint density at radius 1 is 1.37 bits per heavy atom. The number of anilines is 1. The van der Waals surface area contributed by atoms with E-state index < -0.39 is 5.91 Å². The third-order valence-electron chi connectivity index (χ3n) is 2.69. The number of methoxy groups -OCH3 is 1. The fourth-order valence-corrected chi connectivity index (χ4v) is 1.72. The largest absolute Gasteiger partial charge is 0.496 e. The number of ether oxygens (including phenoxy) is 1. The van der Waals surface area contributed by atoms with Crippen LogP contribution in [-0.4, -0.2) is 18.0 Å². The first-order chi connectivity index (χ1) is 9.20. The van der Waals surface area contributed by atoms with E-state index >= 15 is 0 Å². The molecule has 19 heavy (non-hydrogen) atoms. The van der Waals surface area contributed by atoms with Crippen molar-refractivity contribution < 1.29 is 9.53 Å². The molecule has 0 saturated heterocycles. The van der Waals surface area contributed by atoms with Crippen molar-refractivity contribution >= 4 is 11.6 Å². The standard InChI is InChI=1S/C14H15N3O2/c1-19-13-5-3-2-4-10(13)9-17-11-6-7-16-12(8-11)14(15)18/h2-8H,9H2,1H3,(H2,15,18)(H,16,17). The second-order valence-electron chi connectivity index (χ2n) is 3.96. The Bertz CT molecular complexity index is 584. The Morgan fingerprint density at radius 3 is 2.89 bits per heavy atom. The predicted octanol–water partition coefficient (Wildman–Crippen LogP) is 1.80. The van der Waals surface area contributed by atoms with Gasteiger partial charge in [-0.05, 0) is 18.2 Å². The molecule has 98 valence electrons. The lowest BCUT2D eigenvalue weighted by Gasteiger charge is -2.10. The summed E-state index contributed by atoms with van der Waals surface area (Å²) in [6.07, 6.45) is 1.55. The van der Waals surface area contributed by atoms with Crippen molar-refractivity contribution in [3.05, 3.63) is 53.9 Å². The molecule has 0 aliphatic carbocycles. The van der Waals surface area contributed by atoms with Gasteiger partial charge in [0.2, 0.25) is 0 Å². The molecule has 1 aromatic heterocycles. The lowest BCUT2D eigenvalue weighted by Crippen LogP contribution is -2.13. The van der Waals surface area contributed by atoms with Crippen LogP contribution in [0.1, 0.15) is 16.1 Å². The van der Waals surface area contributed by atoms with Crippen molar-refractivity contribution in [1.29, 1.82) is 0 Å². The fraction of sp³-hybridized carbons (Fsp3) is 0.143. The predicted molar refractivity (Wildman–Crippen MR) is 73.1 cm³/mol. The van der Waals surface area contributed by atoms with Crippen LogP contribution in [-0.2, 0) is 6.54 Å². The first-order valence-electron chi connectivity index (χ1n) is 5.82. The Hall–Kier alpha value is -2.56. The van der Waals surface area contributed by atoms with Gasteiger partial charge in [0.1, 0.15) is 11.4 Å². The normalized spacial score (nSPS) is 9.95. The summed E-state index contributed by atoms with van der Waals surface area (Å²) in [4.78, 5) is 14.9. The number of hydrogen-bond donors (Lipinski definition) is 2. The quantitative estimate of drug-likeness (QED) is 0.856. The van der Waals surface area contributed by atoms with E-state index in [1.54, 1.807) is 25.4 Å². The molecule has 5 heteroatoms. The van der Waals surface area contributed by atoms with Crippen molar-refractivity contribution in [3.8, 4) is 5.75 Å². The molecule has 2 aromatic rings. The van der Waals surface area contributed by atoms with E-state index in [0.717, 1.165) is 17.0 Å². The second kappa shape index (κ2) is 5.86. The molecule has 0 aliphatic heterocycles. The summed E-state index contributed by atoms with van der Waals surface area (Å²) in [7, 11) is 1.64. The molecule has 0 spiro atoms. The molecule has 3 N–H and O–H groups in total. The third-order valence-corrected chi connectivity index (χ3v) is 2.69. The summed E-state index contributed by atoms with van der Waals surface area (Å²) in [5, 5.41) is 3.20. The van der Waals surface area contributed by atoms with Crippen LogP contribution in [0.25, 0.3) is 0 Å². The zero-order valence-electron chi connectivity index (χ0n) is 10.6. The molecule has 5 nitrogen and oxygen atoms in total. The first-order valence-corrected chi connectivity index (χ1v) is 5.82. The molecule has 0 bridgehead atoms. The SMILES string of the molecule is COc1ccccc1CNc1ccnc(C(N)=O)c1. The molecule has 0 unspecified atom stereocenters.